The van der Waals surface area contributed by atoms with Gasteiger partial charge in [-0.1, -0.05) is 0 Å². The Labute approximate surface area is 148 Å². The fourth-order valence-corrected chi connectivity index (χ4v) is 2.75. The van der Waals surface area contributed by atoms with Crippen molar-refractivity contribution in [3.63, 3.8) is 0 Å². The molecule has 1 heterocycles. The molecule has 0 bridgehead atoms. The summed E-state index contributed by atoms with van der Waals surface area (Å²) < 4.78 is 17.0. The molecule has 7 heteroatoms. The van der Waals surface area contributed by atoms with Crippen molar-refractivity contribution >= 4 is 34.7 Å². The zero-order chi connectivity index (χ0) is 16.8. The van der Waals surface area contributed by atoms with Gasteiger partial charge >= 0.3 is 5.91 Å². The van der Waals surface area contributed by atoms with Gasteiger partial charge in [-0.05, 0) is 66.3 Å². The van der Waals surface area contributed by atoms with E-state index in [1.807, 2.05) is 13.0 Å². The third-order valence-electron chi connectivity index (χ3n) is 2.88. The SMILES string of the molecule is CCOc1cc(/C=N\NC(=O)c2ccc(C)o2)cc(I)c1OC. The molecule has 1 N–H and O–H groups in total. The van der Waals surface area contributed by atoms with E-state index >= 15 is 0 Å². The average Bonchev–Trinajstić information content (AvgIpc) is 2.94. The van der Waals surface area contributed by atoms with Crippen LogP contribution in [0.25, 0.3) is 0 Å². The molecule has 0 aliphatic heterocycles. The van der Waals surface area contributed by atoms with Crippen LogP contribution in [-0.4, -0.2) is 25.8 Å². The highest BCUT2D eigenvalue weighted by atomic mass is 127. The van der Waals surface area contributed by atoms with Crippen molar-refractivity contribution in [2.24, 2.45) is 5.10 Å². The Bertz CT molecular complexity index is 725. The van der Waals surface area contributed by atoms with Gasteiger partial charge in [-0.2, -0.15) is 5.10 Å². The van der Waals surface area contributed by atoms with Crippen LogP contribution < -0.4 is 14.9 Å². The molecular formula is C16H17IN2O4. The molecule has 0 saturated heterocycles. The van der Waals surface area contributed by atoms with Gasteiger partial charge in [0.15, 0.2) is 17.3 Å². The van der Waals surface area contributed by atoms with Crippen molar-refractivity contribution in [3.05, 3.63) is 44.9 Å². The number of carbonyl (C=O) groups excluding carboxylic acids is 1. The van der Waals surface area contributed by atoms with Crippen molar-refractivity contribution < 1.29 is 18.7 Å². The van der Waals surface area contributed by atoms with Crippen LogP contribution in [0.1, 0.15) is 28.8 Å². The Balaban J connectivity index is 2.11. The number of amides is 1. The topological polar surface area (TPSA) is 73.1 Å². The maximum atomic E-state index is 11.8. The lowest BCUT2D eigenvalue weighted by molar-refractivity contribution is 0.0926. The summed E-state index contributed by atoms with van der Waals surface area (Å²) in [6, 6.07) is 7.01. The average molecular weight is 428 g/mol. The van der Waals surface area contributed by atoms with E-state index < -0.39 is 5.91 Å². The van der Waals surface area contributed by atoms with Crippen LogP contribution >= 0.6 is 22.6 Å². The van der Waals surface area contributed by atoms with Crippen molar-refractivity contribution in [2.75, 3.05) is 13.7 Å². The second-order valence-electron chi connectivity index (χ2n) is 4.58. The fourth-order valence-electron chi connectivity index (χ4n) is 1.90. The molecule has 23 heavy (non-hydrogen) atoms. The third kappa shape index (κ3) is 4.47. The van der Waals surface area contributed by atoms with Gasteiger partial charge in [0.05, 0.1) is 23.5 Å². The van der Waals surface area contributed by atoms with Crippen molar-refractivity contribution in [3.8, 4) is 11.5 Å². The molecule has 0 atom stereocenters. The van der Waals surface area contributed by atoms with E-state index in [2.05, 4.69) is 33.1 Å². The molecule has 0 aliphatic rings. The highest BCUT2D eigenvalue weighted by molar-refractivity contribution is 14.1. The van der Waals surface area contributed by atoms with E-state index in [4.69, 9.17) is 13.9 Å². The van der Waals surface area contributed by atoms with Gasteiger partial charge in [-0.25, -0.2) is 5.43 Å². The summed E-state index contributed by atoms with van der Waals surface area (Å²) in [6.07, 6.45) is 1.54. The first kappa shape index (κ1) is 17.3. The summed E-state index contributed by atoms with van der Waals surface area (Å²) in [5.41, 5.74) is 3.21. The third-order valence-corrected chi connectivity index (χ3v) is 3.68. The normalized spacial score (nSPS) is 10.8. The van der Waals surface area contributed by atoms with Gasteiger partial charge in [0, 0.05) is 0 Å². The maximum Gasteiger partial charge on any atom is 0.307 e. The van der Waals surface area contributed by atoms with Gasteiger partial charge in [-0.3, -0.25) is 4.79 Å². The van der Waals surface area contributed by atoms with Gasteiger partial charge in [0.1, 0.15) is 5.76 Å². The number of aryl methyl sites for hydroxylation is 1. The summed E-state index contributed by atoms with van der Waals surface area (Å²) in [5.74, 6) is 1.81. The Kier molecular flexibility index (Phi) is 6.03. The second kappa shape index (κ2) is 8.00. The van der Waals surface area contributed by atoms with E-state index in [-0.39, 0.29) is 5.76 Å². The van der Waals surface area contributed by atoms with Crippen LogP contribution in [0.2, 0.25) is 0 Å². The number of methoxy groups -OCH3 is 1. The first-order valence-corrected chi connectivity index (χ1v) is 8.03. The van der Waals surface area contributed by atoms with Crippen LogP contribution in [0, 0.1) is 10.5 Å². The molecule has 1 aromatic heterocycles. The van der Waals surface area contributed by atoms with E-state index in [0.29, 0.717) is 23.9 Å². The number of ether oxygens (including phenoxy) is 2. The van der Waals surface area contributed by atoms with Gasteiger partial charge in [0.2, 0.25) is 0 Å². The smallest absolute Gasteiger partial charge is 0.307 e. The number of halogens is 1. The van der Waals surface area contributed by atoms with Crippen LogP contribution in [-0.2, 0) is 0 Å². The first-order chi connectivity index (χ1) is 11.0. The predicted octanol–water partition coefficient (Wildman–Crippen LogP) is 3.36. The summed E-state index contributed by atoms with van der Waals surface area (Å²) in [4.78, 5) is 11.8. The molecule has 122 valence electrons. The molecular weight excluding hydrogens is 411 g/mol. The molecule has 6 nitrogen and oxygen atoms in total. The Morgan fingerprint density at radius 2 is 2.22 bits per heavy atom. The van der Waals surface area contributed by atoms with Crippen LogP contribution in [0.5, 0.6) is 11.5 Å². The summed E-state index contributed by atoms with van der Waals surface area (Å²) in [6.45, 7) is 4.20. The summed E-state index contributed by atoms with van der Waals surface area (Å²) >= 11 is 2.16. The van der Waals surface area contributed by atoms with Gasteiger partial charge in [-0.15, -0.1) is 0 Å². The van der Waals surface area contributed by atoms with E-state index in [9.17, 15) is 4.79 Å². The number of hydrogen-bond acceptors (Lipinski definition) is 5. The Morgan fingerprint density at radius 1 is 1.43 bits per heavy atom. The summed E-state index contributed by atoms with van der Waals surface area (Å²) in [7, 11) is 1.60. The lowest BCUT2D eigenvalue weighted by atomic mass is 10.2. The molecule has 0 spiro atoms. The maximum absolute atomic E-state index is 11.8. The number of furan rings is 1. The number of rotatable bonds is 6. The highest BCUT2D eigenvalue weighted by Crippen LogP contribution is 2.33. The van der Waals surface area contributed by atoms with E-state index in [0.717, 1.165) is 9.13 Å². The predicted molar refractivity (Wildman–Crippen MR) is 95.4 cm³/mol. The molecule has 0 fully saturated rings. The van der Waals surface area contributed by atoms with Crippen molar-refractivity contribution in [1.29, 1.82) is 0 Å². The Morgan fingerprint density at radius 3 is 2.83 bits per heavy atom. The first-order valence-electron chi connectivity index (χ1n) is 6.95. The standard InChI is InChI=1S/C16H17IN2O4/c1-4-22-14-8-11(7-12(17)15(14)21-3)9-18-19-16(20)13-6-5-10(2)23-13/h5-9H,4H2,1-3H3,(H,19,20)/b18-9-. The van der Waals surface area contributed by atoms with E-state index in [1.165, 1.54) is 6.21 Å². The van der Waals surface area contributed by atoms with Gasteiger partial charge < -0.3 is 13.9 Å². The second-order valence-corrected chi connectivity index (χ2v) is 5.74. The molecule has 1 aromatic carbocycles. The fraction of sp³-hybridized carbons (Fsp3) is 0.250. The zero-order valence-electron chi connectivity index (χ0n) is 13.1. The quantitative estimate of drug-likeness (QED) is 0.435. The number of carbonyl (C=O) groups is 1. The van der Waals surface area contributed by atoms with Crippen LogP contribution in [0.4, 0.5) is 0 Å². The molecule has 0 radical (unpaired) electrons. The number of nitrogens with one attached hydrogen (secondary N) is 1. The molecule has 1 amide bonds. The Hall–Kier alpha value is -2.03. The van der Waals surface area contributed by atoms with Crippen molar-refractivity contribution in [2.45, 2.75) is 13.8 Å². The summed E-state index contributed by atoms with van der Waals surface area (Å²) in [5, 5.41) is 3.94. The minimum absolute atomic E-state index is 0.221. The molecule has 0 aliphatic carbocycles. The molecule has 0 unspecified atom stereocenters. The lowest BCUT2D eigenvalue weighted by Crippen LogP contribution is -2.16. The largest absolute Gasteiger partial charge is 0.492 e. The van der Waals surface area contributed by atoms with Gasteiger partial charge in [0.25, 0.3) is 0 Å². The van der Waals surface area contributed by atoms with Crippen molar-refractivity contribution in [1.82, 2.24) is 5.43 Å². The van der Waals surface area contributed by atoms with Crippen LogP contribution in [0.3, 0.4) is 0 Å². The minimum Gasteiger partial charge on any atom is -0.492 e. The van der Waals surface area contributed by atoms with Crippen LogP contribution in [0.15, 0.2) is 33.8 Å². The minimum atomic E-state index is -0.400. The lowest BCUT2D eigenvalue weighted by Gasteiger charge is -2.11. The zero-order valence-corrected chi connectivity index (χ0v) is 15.2. The monoisotopic (exact) mass is 428 g/mol. The molecule has 2 aromatic rings. The van der Waals surface area contributed by atoms with E-state index in [1.54, 1.807) is 32.2 Å². The number of nitrogens with zero attached hydrogens (tertiary/aromatic N) is 1. The molecule has 0 saturated carbocycles. The highest BCUT2D eigenvalue weighted by Gasteiger charge is 2.11. The number of benzene rings is 1. The molecule has 2 rings (SSSR count). The number of hydrazone groups is 1. The number of hydrogen-bond donors (Lipinski definition) is 1.